The third-order valence-electron chi connectivity index (χ3n) is 5.65. The van der Waals surface area contributed by atoms with Crippen LogP contribution in [0.25, 0.3) is 5.69 Å². The molecule has 0 unspecified atom stereocenters. The van der Waals surface area contributed by atoms with Gasteiger partial charge < -0.3 is 10.1 Å². The molecular weight excluding hydrogens is 395 g/mol. The number of anilines is 1. The number of fused-ring (bicyclic) bond motifs is 1. The van der Waals surface area contributed by atoms with E-state index in [9.17, 15) is 9.18 Å². The number of nitrogens with zero attached hydrogens (tertiary/aromatic N) is 3. The summed E-state index contributed by atoms with van der Waals surface area (Å²) in [6.45, 7) is 3.60. The van der Waals surface area contributed by atoms with Crippen LogP contribution in [0.1, 0.15) is 30.3 Å². The summed E-state index contributed by atoms with van der Waals surface area (Å²) in [5.74, 6) is 0.279. The fraction of sp³-hybridized carbons (Fsp3) is 0.333. The van der Waals surface area contributed by atoms with Crippen molar-refractivity contribution in [1.82, 2.24) is 14.7 Å². The van der Waals surface area contributed by atoms with E-state index in [1.165, 1.54) is 23.4 Å². The summed E-state index contributed by atoms with van der Waals surface area (Å²) in [5, 5.41) is 7.77. The van der Waals surface area contributed by atoms with Crippen molar-refractivity contribution in [3.8, 4) is 11.4 Å². The highest BCUT2D eigenvalue weighted by atomic mass is 19.1. The number of aromatic nitrogens is 2. The van der Waals surface area contributed by atoms with Crippen LogP contribution in [0.2, 0.25) is 0 Å². The number of halogens is 1. The lowest BCUT2D eigenvalue weighted by molar-refractivity contribution is -0.117. The van der Waals surface area contributed by atoms with Crippen LogP contribution in [0.5, 0.6) is 5.75 Å². The van der Waals surface area contributed by atoms with Crippen molar-refractivity contribution in [2.75, 3.05) is 25.5 Å². The highest BCUT2D eigenvalue weighted by Crippen LogP contribution is 2.29. The zero-order valence-corrected chi connectivity index (χ0v) is 17.9. The third kappa shape index (κ3) is 4.61. The first-order valence-electron chi connectivity index (χ1n) is 10.6. The summed E-state index contributed by atoms with van der Waals surface area (Å²) in [6.07, 6.45) is 3.03. The van der Waals surface area contributed by atoms with Crippen molar-refractivity contribution in [2.45, 2.75) is 32.7 Å². The van der Waals surface area contributed by atoms with Gasteiger partial charge in [-0.2, -0.15) is 5.10 Å². The number of methoxy groups -OCH3 is 1. The van der Waals surface area contributed by atoms with Crippen molar-refractivity contribution in [3.63, 3.8) is 0 Å². The lowest BCUT2D eigenvalue weighted by Gasteiger charge is -2.19. The predicted octanol–water partition coefficient (Wildman–Crippen LogP) is 3.97. The van der Waals surface area contributed by atoms with E-state index in [0.29, 0.717) is 18.0 Å². The van der Waals surface area contributed by atoms with E-state index in [4.69, 9.17) is 9.84 Å². The van der Waals surface area contributed by atoms with Gasteiger partial charge in [-0.15, -0.1) is 0 Å². The van der Waals surface area contributed by atoms with Gasteiger partial charge in [0, 0.05) is 12.2 Å². The van der Waals surface area contributed by atoms with Crippen LogP contribution >= 0.6 is 0 Å². The number of likely N-dealkylation sites (N-methyl/N-ethyl adjacent to an activating group) is 1. The first kappa shape index (κ1) is 21.1. The molecule has 0 spiro atoms. The molecule has 2 aromatic carbocycles. The molecular formula is C24H27FN4O2. The van der Waals surface area contributed by atoms with Gasteiger partial charge in [0.05, 0.1) is 30.7 Å². The van der Waals surface area contributed by atoms with Gasteiger partial charge in [-0.3, -0.25) is 9.69 Å². The van der Waals surface area contributed by atoms with E-state index in [-0.39, 0.29) is 18.3 Å². The van der Waals surface area contributed by atoms with E-state index < -0.39 is 0 Å². The average molecular weight is 423 g/mol. The van der Waals surface area contributed by atoms with Gasteiger partial charge in [0.25, 0.3) is 0 Å². The monoisotopic (exact) mass is 422 g/mol. The van der Waals surface area contributed by atoms with Gasteiger partial charge in [0.1, 0.15) is 11.6 Å². The fourth-order valence-corrected chi connectivity index (χ4v) is 4.07. The van der Waals surface area contributed by atoms with Crippen LogP contribution in [0, 0.1) is 5.82 Å². The van der Waals surface area contributed by atoms with E-state index in [1.54, 1.807) is 19.2 Å². The molecule has 0 atom stereocenters. The molecule has 4 rings (SSSR count). The van der Waals surface area contributed by atoms with Crippen LogP contribution < -0.4 is 10.1 Å². The van der Waals surface area contributed by atoms with E-state index in [2.05, 4.69) is 10.2 Å². The van der Waals surface area contributed by atoms with Gasteiger partial charge in [-0.1, -0.05) is 19.1 Å². The molecule has 0 saturated carbocycles. The van der Waals surface area contributed by atoms with Crippen molar-refractivity contribution in [2.24, 2.45) is 0 Å². The molecule has 1 aromatic heterocycles. The summed E-state index contributed by atoms with van der Waals surface area (Å²) in [4.78, 5) is 14.7. The second-order valence-electron chi connectivity index (χ2n) is 7.67. The maximum Gasteiger partial charge on any atom is 0.238 e. The Morgan fingerprint density at radius 3 is 2.71 bits per heavy atom. The van der Waals surface area contributed by atoms with E-state index in [1.807, 2.05) is 35.9 Å². The second kappa shape index (κ2) is 9.31. The van der Waals surface area contributed by atoms with Crippen molar-refractivity contribution < 1.29 is 13.9 Å². The number of hydrogen-bond acceptors (Lipinski definition) is 4. The number of nitrogens with one attached hydrogen (secondary N) is 1. The zero-order valence-electron chi connectivity index (χ0n) is 17.9. The summed E-state index contributed by atoms with van der Waals surface area (Å²) in [7, 11) is 1.58. The molecule has 0 aliphatic heterocycles. The second-order valence-corrected chi connectivity index (χ2v) is 7.67. The Kier molecular flexibility index (Phi) is 6.32. The van der Waals surface area contributed by atoms with Gasteiger partial charge in [0.15, 0.2) is 0 Å². The van der Waals surface area contributed by atoms with Gasteiger partial charge >= 0.3 is 0 Å². The van der Waals surface area contributed by atoms with Gasteiger partial charge in [-0.25, -0.2) is 9.07 Å². The first-order valence-corrected chi connectivity index (χ1v) is 10.6. The quantitative estimate of drug-likeness (QED) is 0.597. The Morgan fingerprint density at radius 2 is 1.97 bits per heavy atom. The smallest absolute Gasteiger partial charge is 0.238 e. The first-order chi connectivity index (χ1) is 15.1. The molecule has 6 nitrogen and oxygen atoms in total. The molecule has 1 aliphatic carbocycles. The highest BCUT2D eigenvalue weighted by Gasteiger charge is 2.24. The van der Waals surface area contributed by atoms with Gasteiger partial charge in [-0.05, 0) is 67.8 Å². The molecule has 31 heavy (non-hydrogen) atoms. The number of ether oxygens (including phenoxy) is 1. The number of hydrogen-bond donors (Lipinski definition) is 1. The summed E-state index contributed by atoms with van der Waals surface area (Å²) < 4.78 is 20.6. The van der Waals surface area contributed by atoms with Crippen LogP contribution in [0.3, 0.4) is 0 Å². The summed E-state index contributed by atoms with van der Waals surface area (Å²) in [5.41, 5.74) is 4.96. The molecule has 162 valence electrons. The summed E-state index contributed by atoms with van der Waals surface area (Å²) in [6, 6.07) is 13.8. The molecule has 0 fully saturated rings. The zero-order chi connectivity index (χ0) is 21.8. The Balaban J connectivity index is 1.49. The van der Waals surface area contributed by atoms with E-state index >= 15 is 0 Å². The molecule has 1 N–H and O–H groups in total. The minimum Gasteiger partial charge on any atom is -0.495 e. The number of rotatable bonds is 8. The number of carbonyl (C=O) groups excluding carboxylic acids is 1. The normalized spacial score (nSPS) is 12.8. The van der Waals surface area contributed by atoms with Crippen LogP contribution in [-0.2, 0) is 24.2 Å². The van der Waals surface area contributed by atoms with Gasteiger partial charge in [0.2, 0.25) is 5.91 Å². The molecule has 1 heterocycles. The van der Waals surface area contributed by atoms with Crippen molar-refractivity contribution >= 4 is 11.6 Å². The molecule has 1 aliphatic rings. The molecule has 0 saturated heterocycles. The molecule has 0 radical (unpaired) electrons. The topological polar surface area (TPSA) is 59.4 Å². The van der Waals surface area contributed by atoms with Crippen LogP contribution in [0.15, 0.2) is 48.5 Å². The molecule has 3 aromatic rings. The number of amides is 1. The lowest BCUT2D eigenvalue weighted by atomic mass is 10.2. The molecule has 0 bridgehead atoms. The highest BCUT2D eigenvalue weighted by molar-refractivity contribution is 5.93. The third-order valence-corrected chi connectivity index (χ3v) is 5.65. The Bertz CT molecular complexity index is 1060. The minimum atomic E-state index is -0.258. The number of para-hydroxylation sites is 2. The Labute approximate surface area is 181 Å². The van der Waals surface area contributed by atoms with E-state index in [0.717, 1.165) is 37.2 Å². The Hall–Kier alpha value is -3.19. The molecule has 1 amide bonds. The minimum absolute atomic E-state index is 0.0963. The standard InChI is InChI=1S/C24H27FN4O2/c1-3-28(16-24(30)26-20-8-4-5-10-23(20)31-2)15-21-19-7-6-9-22(19)29(27-21)18-13-11-17(25)12-14-18/h4-5,8,10-14H,3,6-7,9,15-16H2,1-2H3,(H,26,30). The fourth-order valence-electron chi connectivity index (χ4n) is 4.07. The maximum atomic E-state index is 13.3. The molecule has 7 heteroatoms. The maximum absolute atomic E-state index is 13.3. The SMILES string of the molecule is CCN(CC(=O)Nc1ccccc1OC)Cc1nn(-c2ccc(F)cc2)c2c1CCC2. The largest absolute Gasteiger partial charge is 0.495 e. The Morgan fingerprint density at radius 1 is 1.19 bits per heavy atom. The summed E-state index contributed by atoms with van der Waals surface area (Å²) >= 11 is 0. The average Bonchev–Trinajstić information content (AvgIpc) is 3.38. The lowest BCUT2D eigenvalue weighted by Crippen LogP contribution is -2.33. The number of benzene rings is 2. The number of carbonyl (C=O) groups is 1. The predicted molar refractivity (Wildman–Crippen MR) is 118 cm³/mol. The van der Waals surface area contributed by atoms with Crippen molar-refractivity contribution in [3.05, 3.63) is 71.3 Å². The van der Waals surface area contributed by atoms with Crippen molar-refractivity contribution in [1.29, 1.82) is 0 Å². The van der Waals surface area contributed by atoms with Crippen LogP contribution in [0.4, 0.5) is 10.1 Å². The van der Waals surface area contributed by atoms with Crippen LogP contribution in [-0.4, -0.2) is 40.8 Å².